The Morgan fingerprint density at radius 2 is 0.844 bits per heavy atom. The molecule has 4 rings (SSSR count). The number of unbranched alkanes of at least 4 members (excludes halogenated alkanes) is 3. The molecule has 0 atom stereocenters. The Labute approximate surface area is 272 Å². The van der Waals surface area contributed by atoms with Gasteiger partial charge in [0.25, 0.3) is 0 Å². The van der Waals surface area contributed by atoms with Gasteiger partial charge in [0.2, 0.25) is 0 Å². The van der Waals surface area contributed by atoms with Crippen LogP contribution in [0.15, 0.2) is 117 Å². The molecule has 0 saturated carbocycles. The molecule has 0 N–H and O–H groups in total. The van der Waals surface area contributed by atoms with Gasteiger partial charge in [-0.3, -0.25) is 0 Å². The van der Waals surface area contributed by atoms with Crippen molar-refractivity contribution in [3.05, 3.63) is 103 Å². The summed E-state index contributed by atoms with van der Waals surface area (Å²) in [5, 5.41) is 0. The van der Waals surface area contributed by atoms with Crippen LogP contribution in [0.3, 0.4) is 0 Å². The molecule has 0 saturated heterocycles. The Morgan fingerprint density at radius 1 is 0.533 bits per heavy atom. The van der Waals surface area contributed by atoms with E-state index < -0.39 is 10.1 Å². The first-order valence-corrected chi connectivity index (χ1v) is 18.3. The van der Waals surface area contributed by atoms with Crippen LogP contribution in [0.1, 0.15) is 64.9 Å². The van der Waals surface area contributed by atoms with Gasteiger partial charge in [-0.1, -0.05) is 57.7 Å². The van der Waals surface area contributed by atoms with Gasteiger partial charge < -0.3 is 18.8 Å². The Hall–Kier alpha value is -3.46. The van der Waals surface area contributed by atoms with E-state index in [0.717, 1.165) is 81.2 Å². The van der Waals surface area contributed by atoms with Crippen LogP contribution in [-0.2, 0) is 21.0 Å². The first-order chi connectivity index (χ1) is 21.7. The fraction of sp³-hybridized carbons (Fsp3) is 0.351. The molecule has 0 heterocycles. The lowest BCUT2D eigenvalue weighted by atomic mass is 10.2. The van der Waals surface area contributed by atoms with Crippen LogP contribution < -0.4 is 14.2 Å². The molecule has 0 unspecified atom stereocenters. The van der Waals surface area contributed by atoms with Crippen molar-refractivity contribution in [1.82, 2.24) is 0 Å². The van der Waals surface area contributed by atoms with Crippen molar-refractivity contribution in [2.75, 3.05) is 19.8 Å². The van der Waals surface area contributed by atoms with E-state index in [9.17, 15) is 13.0 Å². The molecule has 0 aromatic heterocycles. The molecule has 0 bridgehead atoms. The molecule has 0 aliphatic heterocycles. The molecule has 8 heteroatoms. The standard InChI is InChI=1S/C30H39O3S.C7H8O3S/c1-4-7-22-31-25-10-16-28(17-11-25)34(29-18-12-26(13-19-29)32-23-8-5-2)30-20-14-27(15-21-30)33-24-9-6-3;1-6-2-4-7(5-3-6)11(8,9)10/h10-21H,4-9,22-24H2,1-3H3;2-5H,1H3,(H,8,9,10)/q+1;/p-1. The van der Waals surface area contributed by atoms with Gasteiger partial charge in [-0.25, -0.2) is 8.42 Å². The Bertz CT molecular complexity index is 1360. The normalized spacial score (nSPS) is 11.1. The lowest BCUT2D eigenvalue weighted by Gasteiger charge is -2.11. The molecule has 4 aromatic rings. The zero-order valence-corrected chi connectivity index (χ0v) is 28.5. The molecule has 0 aliphatic carbocycles. The second kappa shape index (κ2) is 19.1. The zero-order chi connectivity index (χ0) is 32.5. The van der Waals surface area contributed by atoms with Crippen LogP contribution in [0, 0.1) is 6.92 Å². The molecule has 0 fully saturated rings. The molecule has 4 aromatic carbocycles. The van der Waals surface area contributed by atoms with E-state index >= 15 is 0 Å². The summed E-state index contributed by atoms with van der Waals surface area (Å²) in [6.45, 7) is 10.7. The highest BCUT2D eigenvalue weighted by atomic mass is 32.2. The van der Waals surface area contributed by atoms with Crippen LogP contribution >= 0.6 is 0 Å². The SMILES string of the molecule is CCCCOc1ccc([S+](c2ccc(OCCCC)cc2)c2ccc(OCCCC)cc2)cc1.Cc1ccc(S(=O)(=O)[O-])cc1. The van der Waals surface area contributed by atoms with Gasteiger partial charge >= 0.3 is 0 Å². The van der Waals surface area contributed by atoms with Gasteiger partial charge in [0.15, 0.2) is 14.7 Å². The predicted octanol–water partition coefficient (Wildman–Crippen LogP) is 9.22. The highest BCUT2D eigenvalue weighted by Gasteiger charge is 2.29. The quantitative estimate of drug-likeness (QED) is 0.0683. The van der Waals surface area contributed by atoms with E-state index in [1.54, 1.807) is 12.1 Å². The van der Waals surface area contributed by atoms with Crippen LogP contribution in [0.25, 0.3) is 0 Å². The summed E-state index contributed by atoms with van der Waals surface area (Å²) in [4.78, 5) is 3.62. The van der Waals surface area contributed by atoms with E-state index in [2.05, 4.69) is 93.6 Å². The Kier molecular flexibility index (Phi) is 15.3. The summed E-state index contributed by atoms with van der Waals surface area (Å²) < 4.78 is 48.8. The first-order valence-electron chi connectivity index (χ1n) is 15.7. The molecular weight excluding hydrogens is 605 g/mol. The minimum absolute atomic E-state index is 0.178. The summed E-state index contributed by atoms with van der Waals surface area (Å²) in [7, 11) is -4.50. The third kappa shape index (κ3) is 12.5. The average Bonchev–Trinajstić information content (AvgIpc) is 3.04. The van der Waals surface area contributed by atoms with E-state index in [0.29, 0.717) is 0 Å². The van der Waals surface area contributed by atoms with Crippen molar-refractivity contribution >= 4 is 21.0 Å². The van der Waals surface area contributed by atoms with E-state index in [1.807, 2.05) is 6.92 Å². The van der Waals surface area contributed by atoms with Crippen molar-refractivity contribution in [2.24, 2.45) is 0 Å². The van der Waals surface area contributed by atoms with E-state index in [-0.39, 0.29) is 15.8 Å². The lowest BCUT2D eigenvalue weighted by molar-refractivity contribution is 0.309. The third-order valence-electron chi connectivity index (χ3n) is 6.79. The highest BCUT2D eigenvalue weighted by molar-refractivity contribution is 7.97. The second-order valence-electron chi connectivity index (χ2n) is 10.6. The van der Waals surface area contributed by atoms with Gasteiger partial charge in [-0.15, -0.1) is 0 Å². The minimum atomic E-state index is -4.27. The Morgan fingerprint density at radius 3 is 1.11 bits per heavy atom. The topological polar surface area (TPSA) is 84.9 Å². The molecule has 242 valence electrons. The maximum atomic E-state index is 10.4. The van der Waals surface area contributed by atoms with Gasteiger partial charge in [-0.05, 0) is 111 Å². The van der Waals surface area contributed by atoms with Gasteiger partial charge in [0, 0.05) is 0 Å². The van der Waals surface area contributed by atoms with Crippen molar-refractivity contribution < 1.29 is 27.2 Å². The lowest BCUT2D eigenvalue weighted by Crippen LogP contribution is -2.06. The molecule has 0 amide bonds. The first kappa shape index (κ1) is 36.0. The van der Waals surface area contributed by atoms with Crippen LogP contribution in [0.2, 0.25) is 0 Å². The summed E-state index contributed by atoms with van der Waals surface area (Å²) in [6, 6.07) is 31.5. The molecule has 0 radical (unpaired) electrons. The number of hydrogen-bond acceptors (Lipinski definition) is 6. The summed E-state index contributed by atoms with van der Waals surface area (Å²) in [5.74, 6) is 2.79. The number of ether oxygens (including phenoxy) is 3. The van der Waals surface area contributed by atoms with Gasteiger partial charge in [0.1, 0.15) is 27.4 Å². The maximum Gasteiger partial charge on any atom is 0.166 e. The third-order valence-corrected chi connectivity index (χ3v) is 9.87. The van der Waals surface area contributed by atoms with Crippen molar-refractivity contribution in [3.8, 4) is 17.2 Å². The molecule has 0 spiro atoms. The Balaban J connectivity index is 0.000000423. The minimum Gasteiger partial charge on any atom is -0.744 e. The highest BCUT2D eigenvalue weighted by Crippen LogP contribution is 2.34. The number of benzene rings is 4. The molecule has 0 aliphatic rings. The maximum absolute atomic E-state index is 10.4. The predicted molar refractivity (Wildman–Crippen MR) is 182 cm³/mol. The van der Waals surface area contributed by atoms with Gasteiger partial charge in [-0.2, -0.15) is 0 Å². The fourth-order valence-corrected chi connectivity index (χ4v) is 6.64. The van der Waals surface area contributed by atoms with E-state index in [1.165, 1.54) is 26.8 Å². The van der Waals surface area contributed by atoms with Gasteiger partial charge in [0.05, 0.1) is 35.6 Å². The monoisotopic (exact) mass is 650 g/mol. The summed E-state index contributed by atoms with van der Waals surface area (Å²) in [6.07, 6.45) is 6.63. The van der Waals surface area contributed by atoms with Crippen LogP contribution in [-0.4, -0.2) is 32.8 Å². The van der Waals surface area contributed by atoms with Crippen molar-refractivity contribution in [2.45, 2.75) is 85.8 Å². The molecule has 45 heavy (non-hydrogen) atoms. The zero-order valence-electron chi connectivity index (χ0n) is 26.9. The molecule has 6 nitrogen and oxygen atoms in total. The largest absolute Gasteiger partial charge is 0.744 e. The summed E-state index contributed by atoms with van der Waals surface area (Å²) in [5.41, 5.74) is 0.928. The second-order valence-corrected chi connectivity index (χ2v) is 14.0. The van der Waals surface area contributed by atoms with Crippen LogP contribution in [0.5, 0.6) is 17.2 Å². The smallest absolute Gasteiger partial charge is 0.166 e. The van der Waals surface area contributed by atoms with Crippen LogP contribution in [0.4, 0.5) is 0 Å². The summed E-state index contributed by atoms with van der Waals surface area (Å²) >= 11 is 0. The average molecular weight is 651 g/mol. The van der Waals surface area contributed by atoms with E-state index in [4.69, 9.17) is 14.2 Å². The van der Waals surface area contributed by atoms with Crippen molar-refractivity contribution in [3.63, 3.8) is 0 Å². The van der Waals surface area contributed by atoms with Crippen molar-refractivity contribution in [1.29, 1.82) is 0 Å². The number of aryl methyl sites for hydroxylation is 1. The fourth-order valence-electron chi connectivity index (χ4n) is 4.13. The number of hydrogen-bond donors (Lipinski definition) is 0. The number of rotatable bonds is 16. The molecular formula is C37H46O6S2.